The van der Waals surface area contributed by atoms with Gasteiger partial charge in [0.2, 0.25) is 0 Å². The van der Waals surface area contributed by atoms with Gasteiger partial charge in [0.15, 0.2) is 0 Å². The molecule has 1 saturated heterocycles. The van der Waals surface area contributed by atoms with Crippen LogP contribution < -0.4 is 5.32 Å². The van der Waals surface area contributed by atoms with Crippen molar-refractivity contribution in [3.63, 3.8) is 0 Å². The van der Waals surface area contributed by atoms with Crippen molar-refractivity contribution in [2.75, 3.05) is 33.7 Å². The van der Waals surface area contributed by atoms with Crippen molar-refractivity contribution in [1.82, 2.24) is 10.2 Å². The average molecular weight is 143 g/mol. The Labute approximate surface area is 62.0 Å². The third-order valence-electron chi connectivity index (χ3n) is 1.82. The van der Waals surface area contributed by atoms with Crippen LogP contribution in [-0.4, -0.2) is 49.8 Å². The minimum Gasteiger partial charge on any atom is -0.391 e. The number of rotatable bonds is 2. The lowest BCUT2D eigenvalue weighted by Gasteiger charge is -2.17. The third-order valence-corrected chi connectivity index (χ3v) is 1.82. The van der Waals surface area contributed by atoms with E-state index < -0.39 is 0 Å². The molecule has 1 fully saturated rings. The predicted molar refractivity (Wildman–Crippen MR) is 39.9 cm³/mol. The van der Waals surface area contributed by atoms with E-state index in [-0.39, 0.29) is 6.10 Å². The number of hydrogen-bond acceptors (Lipinski definition) is 2. The van der Waals surface area contributed by atoms with Gasteiger partial charge in [-0.3, -0.25) is 0 Å². The summed E-state index contributed by atoms with van der Waals surface area (Å²) in [6, 6.07) is 0. The molecule has 0 bridgehead atoms. The van der Waals surface area contributed by atoms with E-state index in [1.165, 1.54) is 0 Å². The molecule has 2 atom stereocenters. The van der Waals surface area contributed by atoms with Crippen LogP contribution >= 0.6 is 0 Å². The zero-order valence-corrected chi connectivity index (χ0v) is 6.62. The molecule has 1 aliphatic heterocycles. The molecule has 1 radical (unpaired) electrons. The van der Waals surface area contributed by atoms with Gasteiger partial charge in [-0.1, -0.05) is 0 Å². The number of aliphatic hydroxyl groups is 1. The van der Waals surface area contributed by atoms with Gasteiger partial charge in [0.1, 0.15) is 0 Å². The Bertz CT molecular complexity index is 106. The lowest BCUT2D eigenvalue weighted by Crippen LogP contribution is -2.29. The molecule has 1 rings (SSSR count). The molecular formula is C7H15N2O. The highest BCUT2D eigenvalue weighted by Gasteiger charge is 2.25. The fourth-order valence-corrected chi connectivity index (χ4v) is 1.29. The molecule has 3 heteroatoms. The van der Waals surface area contributed by atoms with Crippen molar-refractivity contribution in [2.45, 2.75) is 6.10 Å². The molecule has 0 saturated carbocycles. The fraction of sp³-hybridized carbons (Fsp3) is 1.00. The van der Waals surface area contributed by atoms with Crippen LogP contribution in [0, 0.1) is 5.92 Å². The minimum atomic E-state index is -0.192. The molecule has 1 N–H and O–H groups in total. The summed E-state index contributed by atoms with van der Waals surface area (Å²) in [4.78, 5) is 2.09. The SMILES string of the molecule is CN(C)CC1C[N]CC1O. The van der Waals surface area contributed by atoms with E-state index >= 15 is 0 Å². The van der Waals surface area contributed by atoms with E-state index in [1.54, 1.807) is 0 Å². The third kappa shape index (κ3) is 1.94. The first-order chi connectivity index (χ1) is 4.70. The highest BCUT2D eigenvalue weighted by molar-refractivity contribution is 4.81. The Morgan fingerprint density at radius 3 is 2.60 bits per heavy atom. The molecular weight excluding hydrogens is 128 g/mol. The second-order valence-electron chi connectivity index (χ2n) is 3.18. The van der Waals surface area contributed by atoms with E-state index in [2.05, 4.69) is 10.2 Å². The maximum atomic E-state index is 9.32. The van der Waals surface area contributed by atoms with E-state index in [0.29, 0.717) is 12.5 Å². The maximum Gasteiger partial charge on any atom is 0.0734 e. The van der Waals surface area contributed by atoms with Crippen LogP contribution in [0.1, 0.15) is 0 Å². The van der Waals surface area contributed by atoms with Gasteiger partial charge in [-0.15, -0.1) is 0 Å². The van der Waals surface area contributed by atoms with Crippen LogP contribution in [-0.2, 0) is 0 Å². The summed E-state index contributed by atoms with van der Waals surface area (Å²) in [5.74, 6) is 0.370. The van der Waals surface area contributed by atoms with Crippen molar-refractivity contribution in [3.8, 4) is 0 Å². The van der Waals surface area contributed by atoms with Crippen LogP contribution in [0.4, 0.5) is 0 Å². The largest absolute Gasteiger partial charge is 0.391 e. The highest BCUT2D eigenvalue weighted by atomic mass is 16.3. The molecule has 0 aromatic carbocycles. The molecule has 0 spiro atoms. The molecule has 0 amide bonds. The summed E-state index contributed by atoms with van der Waals surface area (Å²) in [5.41, 5.74) is 0. The van der Waals surface area contributed by atoms with Crippen molar-refractivity contribution in [3.05, 3.63) is 0 Å². The topological polar surface area (TPSA) is 37.6 Å². The molecule has 1 heterocycles. The summed E-state index contributed by atoms with van der Waals surface area (Å²) in [6.45, 7) is 2.42. The first kappa shape index (κ1) is 7.98. The second kappa shape index (κ2) is 3.32. The minimum absolute atomic E-state index is 0.192. The van der Waals surface area contributed by atoms with Crippen LogP contribution in [0.2, 0.25) is 0 Å². The van der Waals surface area contributed by atoms with Crippen LogP contribution in [0.15, 0.2) is 0 Å². The quantitative estimate of drug-likeness (QED) is 0.546. The first-order valence-electron chi connectivity index (χ1n) is 3.66. The number of nitrogens with zero attached hydrogens (tertiary/aromatic N) is 2. The van der Waals surface area contributed by atoms with Gasteiger partial charge < -0.3 is 10.0 Å². The Morgan fingerprint density at radius 1 is 1.50 bits per heavy atom. The van der Waals surface area contributed by atoms with Crippen LogP contribution in [0.5, 0.6) is 0 Å². The summed E-state index contributed by atoms with van der Waals surface area (Å²) in [5, 5.41) is 13.4. The summed E-state index contributed by atoms with van der Waals surface area (Å²) in [6.07, 6.45) is -0.192. The molecule has 0 aromatic rings. The second-order valence-corrected chi connectivity index (χ2v) is 3.18. The van der Waals surface area contributed by atoms with Gasteiger partial charge in [0, 0.05) is 25.6 Å². The van der Waals surface area contributed by atoms with Crippen molar-refractivity contribution in [1.29, 1.82) is 0 Å². The Morgan fingerprint density at radius 2 is 2.20 bits per heavy atom. The van der Waals surface area contributed by atoms with Gasteiger partial charge in [-0.05, 0) is 14.1 Å². The van der Waals surface area contributed by atoms with Crippen LogP contribution in [0.3, 0.4) is 0 Å². The van der Waals surface area contributed by atoms with E-state index in [9.17, 15) is 5.11 Å². The molecule has 10 heavy (non-hydrogen) atoms. The number of hydrogen-bond donors (Lipinski definition) is 1. The number of aliphatic hydroxyl groups excluding tert-OH is 1. The Kier molecular flexibility index (Phi) is 2.65. The van der Waals surface area contributed by atoms with Crippen molar-refractivity contribution in [2.24, 2.45) is 5.92 Å². The van der Waals surface area contributed by atoms with Gasteiger partial charge in [0.25, 0.3) is 0 Å². The molecule has 0 aromatic heterocycles. The zero-order valence-electron chi connectivity index (χ0n) is 6.62. The highest BCUT2D eigenvalue weighted by Crippen LogP contribution is 2.09. The monoisotopic (exact) mass is 143 g/mol. The first-order valence-corrected chi connectivity index (χ1v) is 3.66. The van der Waals surface area contributed by atoms with Gasteiger partial charge in [0.05, 0.1) is 6.10 Å². The van der Waals surface area contributed by atoms with Crippen molar-refractivity contribution >= 4 is 0 Å². The summed E-state index contributed by atoms with van der Waals surface area (Å²) >= 11 is 0. The van der Waals surface area contributed by atoms with E-state index in [4.69, 9.17) is 0 Å². The van der Waals surface area contributed by atoms with E-state index in [1.807, 2.05) is 14.1 Å². The lowest BCUT2D eigenvalue weighted by molar-refractivity contribution is 0.129. The van der Waals surface area contributed by atoms with E-state index in [0.717, 1.165) is 13.1 Å². The smallest absolute Gasteiger partial charge is 0.0734 e. The van der Waals surface area contributed by atoms with Gasteiger partial charge in [-0.2, -0.15) is 0 Å². The lowest BCUT2D eigenvalue weighted by atomic mass is 10.1. The predicted octanol–water partition coefficient (Wildman–Crippen LogP) is -0.857. The summed E-state index contributed by atoms with van der Waals surface area (Å²) < 4.78 is 0. The molecule has 0 aliphatic carbocycles. The van der Waals surface area contributed by atoms with Crippen molar-refractivity contribution < 1.29 is 5.11 Å². The zero-order chi connectivity index (χ0) is 7.56. The summed E-state index contributed by atoms with van der Waals surface area (Å²) in [7, 11) is 4.04. The maximum absolute atomic E-state index is 9.32. The van der Waals surface area contributed by atoms with Gasteiger partial charge in [-0.25, -0.2) is 5.32 Å². The molecule has 59 valence electrons. The van der Waals surface area contributed by atoms with Gasteiger partial charge >= 0.3 is 0 Å². The fourth-order valence-electron chi connectivity index (χ4n) is 1.29. The Balaban J connectivity index is 2.26. The molecule has 1 aliphatic rings. The average Bonchev–Trinajstić information content (AvgIpc) is 2.15. The molecule has 2 unspecified atom stereocenters. The molecule has 3 nitrogen and oxygen atoms in total. The standard InChI is InChI=1S/C7H15N2O/c1-9(2)5-6-3-8-4-7(6)10/h6-7,10H,3-5H2,1-2H3. The van der Waals surface area contributed by atoms with Crippen LogP contribution in [0.25, 0.3) is 0 Å². The Hall–Kier alpha value is -0.120. The normalized spacial score (nSPS) is 33.6.